The number of pyridine rings is 1. The summed E-state index contributed by atoms with van der Waals surface area (Å²) in [5.74, 6) is 0. The van der Waals surface area contributed by atoms with Gasteiger partial charge in [0.25, 0.3) is 0 Å². The summed E-state index contributed by atoms with van der Waals surface area (Å²) >= 11 is 0. The number of para-hydroxylation sites is 1. The molecule has 2 fully saturated rings. The van der Waals surface area contributed by atoms with E-state index in [1.54, 1.807) is 0 Å². The summed E-state index contributed by atoms with van der Waals surface area (Å²) in [4.78, 5) is 23.4. The van der Waals surface area contributed by atoms with Crippen molar-refractivity contribution in [3.8, 4) is 0 Å². The predicted octanol–water partition coefficient (Wildman–Crippen LogP) is 1.80. The van der Waals surface area contributed by atoms with Gasteiger partial charge in [-0.1, -0.05) is 24.3 Å². The van der Waals surface area contributed by atoms with Gasteiger partial charge in [0, 0.05) is 57.4 Å². The van der Waals surface area contributed by atoms with E-state index in [2.05, 4.69) is 34.1 Å². The Kier molecular flexibility index (Phi) is 4.81. The van der Waals surface area contributed by atoms with Crippen molar-refractivity contribution >= 4 is 16.9 Å². The quantitative estimate of drug-likeness (QED) is 0.837. The molecule has 6 nitrogen and oxygen atoms in total. The largest absolute Gasteiger partial charge is 0.378 e. The summed E-state index contributed by atoms with van der Waals surface area (Å²) in [5.41, 5.74) is 2.34. The maximum absolute atomic E-state index is 12.6. The van der Waals surface area contributed by atoms with Crippen LogP contribution in [-0.2, 0) is 11.3 Å². The molecule has 3 heterocycles. The van der Waals surface area contributed by atoms with Gasteiger partial charge < -0.3 is 14.5 Å². The third-order valence-electron chi connectivity index (χ3n) is 5.03. The molecule has 25 heavy (non-hydrogen) atoms. The monoisotopic (exact) mass is 340 g/mol. The SMILES string of the molecule is O=C(N1CCOCC1)N1CCN(Cc2cccc3cccnc23)CC1. The first-order valence-corrected chi connectivity index (χ1v) is 8.98. The molecular formula is C19H24N4O2. The van der Waals surface area contributed by atoms with Gasteiger partial charge in [0.05, 0.1) is 18.7 Å². The smallest absolute Gasteiger partial charge is 0.320 e. The van der Waals surface area contributed by atoms with Crippen LogP contribution in [0.15, 0.2) is 36.5 Å². The molecule has 2 aliphatic rings. The van der Waals surface area contributed by atoms with Gasteiger partial charge in [0.15, 0.2) is 0 Å². The summed E-state index contributed by atoms with van der Waals surface area (Å²) in [7, 11) is 0. The lowest BCUT2D eigenvalue weighted by Gasteiger charge is -2.38. The minimum atomic E-state index is 0.162. The molecule has 4 rings (SSSR count). The molecule has 0 spiro atoms. The maximum atomic E-state index is 12.6. The highest BCUT2D eigenvalue weighted by molar-refractivity contribution is 5.81. The molecule has 6 heteroatoms. The van der Waals surface area contributed by atoms with Crippen LogP contribution in [0.3, 0.4) is 0 Å². The van der Waals surface area contributed by atoms with E-state index in [9.17, 15) is 4.79 Å². The molecule has 0 unspecified atom stereocenters. The van der Waals surface area contributed by atoms with Crippen molar-refractivity contribution in [2.24, 2.45) is 0 Å². The number of amides is 2. The van der Waals surface area contributed by atoms with E-state index in [0.717, 1.165) is 38.2 Å². The van der Waals surface area contributed by atoms with Gasteiger partial charge in [-0.3, -0.25) is 9.88 Å². The number of hydrogen-bond donors (Lipinski definition) is 0. The topological polar surface area (TPSA) is 48.9 Å². The summed E-state index contributed by atoms with van der Waals surface area (Å²) in [5, 5.41) is 1.18. The molecule has 1 aromatic heterocycles. The molecule has 2 aromatic rings. The van der Waals surface area contributed by atoms with E-state index in [0.29, 0.717) is 26.3 Å². The number of aromatic nitrogens is 1. The van der Waals surface area contributed by atoms with Crippen molar-refractivity contribution in [3.05, 3.63) is 42.1 Å². The molecular weight excluding hydrogens is 316 g/mol. The first-order valence-electron chi connectivity index (χ1n) is 8.98. The van der Waals surface area contributed by atoms with Crippen molar-refractivity contribution < 1.29 is 9.53 Å². The highest BCUT2D eigenvalue weighted by atomic mass is 16.5. The molecule has 2 saturated heterocycles. The van der Waals surface area contributed by atoms with E-state index in [4.69, 9.17) is 4.74 Å². The summed E-state index contributed by atoms with van der Waals surface area (Å²) in [6, 6.07) is 10.6. The van der Waals surface area contributed by atoms with E-state index in [1.165, 1.54) is 10.9 Å². The standard InChI is InChI=1S/C19H24N4O2/c24-19(23-11-13-25-14-12-23)22-9-7-21(8-10-22)15-17-4-1-3-16-5-2-6-20-18(16)17/h1-6H,7-15H2. The average Bonchev–Trinajstić information content (AvgIpc) is 2.69. The van der Waals surface area contributed by atoms with Crippen LogP contribution in [0.5, 0.6) is 0 Å². The van der Waals surface area contributed by atoms with Gasteiger partial charge in [0.2, 0.25) is 0 Å². The normalized spacial score (nSPS) is 19.4. The Hall–Kier alpha value is -2.18. The van der Waals surface area contributed by atoms with Gasteiger partial charge in [-0.05, 0) is 11.6 Å². The van der Waals surface area contributed by atoms with Crippen molar-refractivity contribution in [2.75, 3.05) is 52.5 Å². The Morgan fingerprint density at radius 3 is 2.48 bits per heavy atom. The molecule has 0 saturated carbocycles. The predicted molar refractivity (Wildman–Crippen MR) is 96.4 cm³/mol. The van der Waals surface area contributed by atoms with Gasteiger partial charge in [-0.2, -0.15) is 0 Å². The summed E-state index contributed by atoms with van der Waals surface area (Å²) in [6.07, 6.45) is 1.85. The highest BCUT2D eigenvalue weighted by Crippen LogP contribution is 2.18. The number of ether oxygens (including phenoxy) is 1. The number of piperazine rings is 1. The first kappa shape index (κ1) is 16.3. The van der Waals surface area contributed by atoms with Crippen LogP contribution < -0.4 is 0 Å². The van der Waals surface area contributed by atoms with Crippen molar-refractivity contribution in [1.29, 1.82) is 0 Å². The van der Waals surface area contributed by atoms with E-state index in [-0.39, 0.29) is 6.03 Å². The zero-order valence-corrected chi connectivity index (χ0v) is 14.4. The zero-order valence-electron chi connectivity index (χ0n) is 14.4. The lowest BCUT2D eigenvalue weighted by atomic mass is 10.1. The fourth-order valence-corrected chi connectivity index (χ4v) is 3.59. The van der Waals surface area contributed by atoms with Crippen LogP contribution in [0.2, 0.25) is 0 Å². The first-order chi connectivity index (χ1) is 12.3. The van der Waals surface area contributed by atoms with E-state index in [1.807, 2.05) is 22.1 Å². The van der Waals surface area contributed by atoms with Gasteiger partial charge in [-0.25, -0.2) is 4.79 Å². The lowest BCUT2D eigenvalue weighted by Crippen LogP contribution is -2.54. The highest BCUT2D eigenvalue weighted by Gasteiger charge is 2.26. The Balaban J connectivity index is 1.36. The van der Waals surface area contributed by atoms with Crippen molar-refractivity contribution in [2.45, 2.75) is 6.54 Å². The van der Waals surface area contributed by atoms with Gasteiger partial charge >= 0.3 is 6.03 Å². The fourth-order valence-electron chi connectivity index (χ4n) is 3.59. The number of morpholine rings is 1. The number of carbonyl (C=O) groups excluding carboxylic acids is 1. The van der Waals surface area contributed by atoms with Crippen LogP contribution in [0, 0.1) is 0 Å². The second kappa shape index (κ2) is 7.37. The number of rotatable bonds is 2. The molecule has 0 radical (unpaired) electrons. The summed E-state index contributed by atoms with van der Waals surface area (Å²) in [6.45, 7) is 6.98. The number of fused-ring (bicyclic) bond motifs is 1. The second-order valence-electron chi connectivity index (χ2n) is 6.64. The number of urea groups is 1. The molecule has 0 bridgehead atoms. The second-order valence-corrected chi connectivity index (χ2v) is 6.64. The minimum Gasteiger partial charge on any atom is -0.378 e. The minimum absolute atomic E-state index is 0.162. The molecule has 132 valence electrons. The van der Waals surface area contributed by atoms with Gasteiger partial charge in [0.1, 0.15) is 0 Å². The van der Waals surface area contributed by atoms with Crippen LogP contribution in [0.4, 0.5) is 4.79 Å². The fraction of sp³-hybridized carbons (Fsp3) is 0.474. The molecule has 0 aliphatic carbocycles. The molecule has 2 amide bonds. The van der Waals surface area contributed by atoms with Crippen molar-refractivity contribution in [1.82, 2.24) is 19.7 Å². The van der Waals surface area contributed by atoms with Crippen LogP contribution in [-0.4, -0.2) is 78.2 Å². The van der Waals surface area contributed by atoms with Gasteiger partial charge in [-0.15, -0.1) is 0 Å². The number of hydrogen-bond acceptors (Lipinski definition) is 4. The average molecular weight is 340 g/mol. The number of nitrogens with zero attached hydrogens (tertiary/aromatic N) is 4. The third-order valence-corrected chi connectivity index (χ3v) is 5.03. The van der Waals surface area contributed by atoms with E-state index < -0.39 is 0 Å². The van der Waals surface area contributed by atoms with Crippen molar-refractivity contribution in [3.63, 3.8) is 0 Å². The number of benzene rings is 1. The van der Waals surface area contributed by atoms with Crippen LogP contribution in [0.1, 0.15) is 5.56 Å². The van der Waals surface area contributed by atoms with Crippen LogP contribution >= 0.6 is 0 Å². The Labute approximate surface area is 148 Å². The lowest BCUT2D eigenvalue weighted by molar-refractivity contribution is 0.0373. The molecule has 0 N–H and O–H groups in total. The molecule has 2 aliphatic heterocycles. The van der Waals surface area contributed by atoms with E-state index >= 15 is 0 Å². The Bertz CT molecular complexity index is 732. The summed E-state index contributed by atoms with van der Waals surface area (Å²) < 4.78 is 5.33. The Morgan fingerprint density at radius 2 is 1.68 bits per heavy atom. The molecule has 0 atom stereocenters. The maximum Gasteiger partial charge on any atom is 0.320 e. The molecule has 1 aromatic carbocycles. The number of carbonyl (C=O) groups is 1. The van der Waals surface area contributed by atoms with Crippen LogP contribution in [0.25, 0.3) is 10.9 Å². The third kappa shape index (κ3) is 3.60. The zero-order chi connectivity index (χ0) is 17.1. The Morgan fingerprint density at radius 1 is 0.960 bits per heavy atom.